The van der Waals surface area contributed by atoms with E-state index in [1.165, 1.54) is 0 Å². The van der Waals surface area contributed by atoms with E-state index in [9.17, 15) is 9.59 Å². The topological polar surface area (TPSA) is 61.9 Å². The molecule has 116 valence electrons. The Kier molecular flexibility index (Phi) is 3.17. The van der Waals surface area contributed by atoms with Crippen molar-refractivity contribution in [3.05, 3.63) is 23.8 Å². The Morgan fingerprint density at radius 2 is 2.18 bits per heavy atom. The highest BCUT2D eigenvalue weighted by atomic mass is 16.5. The molecule has 6 heteroatoms. The number of fused-ring (bicyclic) bond motifs is 2. The molecule has 1 N–H and O–H groups in total. The lowest BCUT2D eigenvalue weighted by atomic mass is 10.1. The molecular weight excluding hydrogens is 282 g/mol. The van der Waals surface area contributed by atoms with Crippen LogP contribution in [0.4, 0.5) is 10.5 Å². The first-order valence-electron chi connectivity index (χ1n) is 7.82. The van der Waals surface area contributed by atoms with Gasteiger partial charge in [0.2, 0.25) is 5.91 Å². The van der Waals surface area contributed by atoms with Crippen molar-refractivity contribution in [1.82, 2.24) is 9.80 Å². The van der Waals surface area contributed by atoms with Crippen molar-refractivity contribution in [2.45, 2.75) is 25.3 Å². The molecule has 1 aromatic rings. The van der Waals surface area contributed by atoms with Crippen LogP contribution < -0.4 is 10.1 Å². The van der Waals surface area contributed by atoms with Gasteiger partial charge in [0.1, 0.15) is 5.75 Å². The van der Waals surface area contributed by atoms with E-state index in [2.05, 4.69) is 5.32 Å². The van der Waals surface area contributed by atoms with Gasteiger partial charge in [-0.2, -0.15) is 0 Å². The van der Waals surface area contributed by atoms with Gasteiger partial charge < -0.3 is 19.9 Å². The van der Waals surface area contributed by atoms with Gasteiger partial charge in [-0.25, -0.2) is 4.79 Å². The van der Waals surface area contributed by atoms with Crippen molar-refractivity contribution in [3.63, 3.8) is 0 Å². The van der Waals surface area contributed by atoms with Gasteiger partial charge in [-0.05, 0) is 30.2 Å². The maximum atomic E-state index is 12.4. The Labute approximate surface area is 129 Å². The summed E-state index contributed by atoms with van der Waals surface area (Å²) in [6.07, 6.45) is 2.37. The van der Waals surface area contributed by atoms with Gasteiger partial charge in [0, 0.05) is 44.2 Å². The number of benzene rings is 1. The number of nitrogens with zero attached hydrogens (tertiary/aromatic N) is 2. The number of piperazine rings is 1. The smallest absolute Gasteiger partial charge is 0.321 e. The number of anilines is 1. The highest BCUT2D eigenvalue weighted by Gasteiger charge is 2.36. The van der Waals surface area contributed by atoms with Gasteiger partial charge in [0.25, 0.3) is 0 Å². The van der Waals surface area contributed by atoms with Gasteiger partial charge in [0.05, 0.1) is 6.61 Å². The van der Waals surface area contributed by atoms with Crippen molar-refractivity contribution in [2.24, 2.45) is 0 Å². The predicted octanol–water partition coefficient (Wildman–Crippen LogP) is 1.46. The average Bonchev–Trinajstić information content (AvgIpc) is 3.13. The number of amides is 3. The van der Waals surface area contributed by atoms with Crippen molar-refractivity contribution in [1.29, 1.82) is 0 Å². The molecule has 0 radical (unpaired) electrons. The Morgan fingerprint density at radius 3 is 3.09 bits per heavy atom. The summed E-state index contributed by atoms with van der Waals surface area (Å²) in [7, 11) is 0. The van der Waals surface area contributed by atoms with E-state index in [-0.39, 0.29) is 18.0 Å². The van der Waals surface area contributed by atoms with Crippen LogP contribution in [0.15, 0.2) is 18.2 Å². The van der Waals surface area contributed by atoms with E-state index in [0.29, 0.717) is 32.7 Å². The zero-order chi connectivity index (χ0) is 15.1. The molecule has 1 unspecified atom stereocenters. The molecule has 0 aliphatic carbocycles. The van der Waals surface area contributed by atoms with Crippen molar-refractivity contribution in [3.8, 4) is 5.75 Å². The van der Waals surface area contributed by atoms with Crippen LogP contribution in [0.5, 0.6) is 5.75 Å². The van der Waals surface area contributed by atoms with E-state index in [4.69, 9.17) is 4.74 Å². The summed E-state index contributed by atoms with van der Waals surface area (Å²) in [6, 6.07) is 5.87. The molecule has 3 aliphatic heterocycles. The average molecular weight is 301 g/mol. The summed E-state index contributed by atoms with van der Waals surface area (Å²) >= 11 is 0. The minimum Gasteiger partial charge on any atom is -0.493 e. The maximum absolute atomic E-state index is 12.4. The lowest BCUT2D eigenvalue weighted by Crippen LogP contribution is -2.54. The van der Waals surface area contributed by atoms with Crippen molar-refractivity contribution in [2.75, 3.05) is 31.6 Å². The monoisotopic (exact) mass is 301 g/mol. The predicted molar refractivity (Wildman–Crippen MR) is 81.0 cm³/mol. The van der Waals surface area contributed by atoms with Crippen LogP contribution in [0.25, 0.3) is 0 Å². The zero-order valence-electron chi connectivity index (χ0n) is 12.4. The van der Waals surface area contributed by atoms with Crippen LogP contribution in [0, 0.1) is 0 Å². The first-order chi connectivity index (χ1) is 10.7. The molecule has 3 heterocycles. The Bertz CT molecular complexity index is 631. The second kappa shape index (κ2) is 5.19. The number of carbonyl (C=O) groups excluding carboxylic acids is 2. The molecule has 1 atom stereocenters. The molecule has 0 aromatic heterocycles. The number of rotatable bonds is 1. The summed E-state index contributed by atoms with van der Waals surface area (Å²) in [6.45, 7) is 2.59. The van der Waals surface area contributed by atoms with Gasteiger partial charge >= 0.3 is 6.03 Å². The Balaban J connectivity index is 1.41. The number of urea groups is 1. The van der Waals surface area contributed by atoms with Gasteiger partial charge in [-0.1, -0.05) is 0 Å². The molecule has 3 amide bonds. The highest BCUT2D eigenvalue weighted by Crippen LogP contribution is 2.28. The van der Waals surface area contributed by atoms with Crippen LogP contribution in [-0.2, 0) is 11.2 Å². The second-order valence-corrected chi connectivity index (χ2v) is 6.08. The fourth-order valence-corrected chi connectivity index (χ4v) is 3.52. The van der Waals surface area contributed by atoms with Crippen molar-refractivity contribution < 1.29 is 14.3 Å². The quantitative estimate of drug-likeness (QED) is 0.854. The minimum absolute atomic E-state index is 0.0853. The summed E-state index contributed by atoms with van der Waals surface area (Å²) in [4.78, 5) is 27.8. The third kappa shape index (κ3) is 2.28. The number of carbonyl (C=O) groups is 2. The molecule has 3 aliphatic rings. The third-order valence-corrected chi connectivity index (χ3v) is 4.72. The Hall–Kier alpha value is -2.24. The lowest BCUT2D eigenvalue weighted by molar-refractivity contribution is -0.130. The summed E-state index contributed by atoms with van der Waals surface area (Å²) < 4.78 is 5.47. The fourth-order valence-electron chi connectivity index (χ4n) is 3.52. The molecule has 6 nitrogen and oxygen atoms in total. The summed E-state index contributed by atoms with van der Waals surface area (Å²) in [5.74, 6) is 1.14. The molecule has 2 fully saturated rings. The lowest BCUT2D eigenvalue weighted by Gasteiger charge is -2.37. The minimum atomic E-state index is -0.0853. The van der Waals surface area contributed by atoms with Crippen molar-refractivity contribution >= 4 is 17.6 Å². The van der Waals surface area contributed by atoms with Crippen LogP contribution in [0.3, 0.4) is 0 Å². The normalized spacial score (nSPS) is 23.1. The van der Waals surface area contributed by atoms with E-state index < -0.39 is 0 Å². The molecule has 0 saturated carbocycles. The second-order valence-electron chi connectivity index (χ2n) is 6.08. The van der Waals surface area contributed by atoms with Crippen LogP contribution in [0.2, 0.25) is 0 Å². The van der Waals surface area contributed by atoms with Crippen LogP contribution in [-0.4, -0.2) is 54.0 Å². The first kappa shape index (κ1) is 13.4. The van der Waals surface area contributed by atoms with Crippen LogP contribution >= 0.6 is 0 Å². The summed E-state index contributed by atoms with van der Waals surface area (Å²) in [5, 5.41) is 2.96. The SMILES string of the molecule is O=C(Nc1ccc2c(c1)CCO2)N1CCN2C(=O)CCC2C1. The maximum Gasteiger partial charge on any atom is 0.321 e. The van der Waals surface area contributed by atoms with Gasteiger partial charge in [-0.15, -0.1) is 0 Å². The molecular formula is C16H19N3O3. The fraction of sp³-hybridized carbons (Fsp3) is 0.500. The molecule has 2 saturated heterocycles. The molecule has 4 rings (SSSR count). The van der Waals surface area contributed by atoms with Crippen LogP contribution in [0.1, 0.15) is 18.4 Å². The largest absolute Gasteiger partial charge is 0.493 e. The number of nitrogens with one attached hydrogen (secondary N) is 1. The third-order valence-electron chi connectivity index (χ3n) is 4.72. The Morgan fingerprint density at radius 1 is 1.27 bits per heavy atom. The van der Waals surface area contributed by atoms with Gasteiger partial charge in [0.15, 0.2) is 0 Å². The zero-order valence-corrected chi connectivity index (χ0v) is 12.4. The van der Waals surface area contributed by atoms with E-state index in [0.717, 1.165) is 29.8 Å². The standard InChI is InChI=1S/C16H19N3O3/c20-15-4-2-13-10-18(6-7-19(13)15)16(21)17-12-1-3-14-11(9-12)5-8-22-14/h1,3,9,13H,2,4-8,10H2,(H,17,21). The molecule has 0 spiro atoms. The summed E-state index contributed by atoms with van der Waals surface area (Å²) in [5.41, 5.74) is 1.95. The van der Waals surface area contributed by atoms with E-state index >= 15 is 0 Å². The number of ether oxygens (including phenoxy) is 1. The molecule has 22 heavy (non-hydrogen) atoms. The first-order valence-corrected chi connectivity index (χ1v) is 7.82. The van der Waals surface area contributed by atoms with Gasteiger partial charge in [-0.3, -0.25) is 4.79 Å². The highest BCUT2D eigenvalue weighted by molar-refractivity contribution is 5.90. The molecule has 1 aromatic carbocycles. The number of hydrogen-bond acceptors (Lipinski definition) is 3. The van der Waals surface area contributed by atoms with E-state index in [1.54, 1.807) is 0 Å². The number of hydrogen-bond donors (Lipinski definition) is 1. The van der Waals surface area contributed by atoms with E-state index in [1.807, 2.05) is 28.0 Å². The molecule has 0 bridgehead atoms.